The van der Waals surface area contributed by atoms with Crippen molar-refractivity contribution in [3.05, 3.63) is 58.8 Å². The van der Waals surface area contributed by atoms with Gasteiger partial charge in [-0.1, -0.05) is 11.6 Å². The van der Waals surface area contributed by atoms with E-state index < -0.39 is 0 Å². The first kappa shape index (κ1) is 17.9. The van der Waals surface area contributed by atoms with E-state index in [0.29, 0.717) is 23.6 Å². The van der Waals surface area contributed by atoms with Crippen LogP contribution in [0.5, 0.6) is 11.5 Å². The molecule has 5 nitrogen and oxygen atoms in total. The van der Waals surface area contributed by atoms with Crippen LogP contribution in [0.2, 0.25) is 0 Å². The van der Waals surface area contributed by atoms with Gasteiger partial charge in [-0.25, -0.2) is 0 Å². The third kappa shape index (κ3) is 3.52. The van der Waals surface area contributed by atoms with Gasteiger partial charge in [0.25, 0.3) is 5.91 Å². The molecule has 0 unspecified atom stereocenters. The average molecular weight is 352 g/mol. The van der Waals surface area contributed by atoms with E-state index in [9.17, 15) is 4.79 Å². The number of H-pyrrole nitrogens is 1. The lowest BCUT2D eigenvalue weighted by Crippen LogP contribution is -2.25. The van der Waals surface area contributed by atoms with Crippen LogP contribution in [0.3, 0.4) is 0 Å². The van der Waals surface area contributed by atoms with Gasteiger partial charge in [0, 0.05) is 28.7 Å². The molecule has 0 aliphatic carbocycles. The Hall–Kier alpha value is -2.95. The molecule has 26 heavy (non-hydrogen) atoms. The van der Waals surface area contributed by atoms with Gasteiger partial charge in [0.2, 0.25) is 0 Å². The van der Waals surface area contributed by atoms with Crippen LogP contribution in [-0.2, 0) is 6.42 Å². The Kier molecular flexibility index (Phi) is 5.16. The number of aromatic nitrogens is 1. The number of ether oxygens (including phenoxy) is 2. The molecule has 136 valence electrons. The van der Waals surface area contributed by atoms with Gasteiger partial charge >= 0.3 is 0 Å². The maximum absolute atomic E-state index is 12.4. The molecule has 3 aromatic rings. The van der Waals surface area contributed by atoms with Gasteiger partial charge in [-0.05, 0) is 56.2 Å². The van der Waals surface area contributed by atoms with Gasteiger partial charge in [0.1, 0.15) is 0 Å². The summed E-state index contributed by atoms with van der Waals surface area (Å²) in [6.07, 6.45) is 0.772. The topological polar surface area (TPSA) is 63.3 Å². The van der Waals surface area contributed by atoms with E-state index in [2.05, 4.69) is 42.3 Å². The number of methoxy groups -OCH3 is 2. The van der Waals surface area contributed by atoms with Crippen LogP contribution in [0.15, 0.2) is 36.4 Å². The average Bonchev–Trinajstić information content (AvgIpc) is 2.95. The van der Waals surface area contributed by atoms with Gasteiger partial charge in [-0.3, -0.25) is 4.79 Å². The van der Waals surface area contributed by atoms with Crippen LogP contribution in [-0.4, -0.2) is 31.7 Å². The van der Waals surface area contributed by atoms with Crippen molar-refractivity contribution >= 4 is 16.8 Å². The molecule has 0 atom stereocenters. The third-order valence-electron chi connectivity index (χ3n) is 4.58. The first-order valence-electron chi connectivity index (χ1n) is 8.61. The zero-order valence-corrected chi connectivity index (χ0v) is 15.6. The number of nitrogens with one attached hydrogen (secondary N) is 2. The first-order valence-corrected chi connectivity index (χ1v) is 8.61. The van der Waals surface area contributed by atoms with Crippen LogP contribution in [0.25, 0.3) is 10.9 Å². The van der Waals surface area contributed by atoms with Crippen molar-refractivity contribution in [3.63, 3.8) is 0 Å². The Morgan fingerprint density at radius 3 is 2.54 bits per heavy atom. The normalized spacial score (nSPS) is 10.8. The van der Waals surface area contributed by atoms with Gasteiger partial charge in [-0.2, -0.15) is 0 Å². The van der Waals surface area contributed by atoms with Crippen molar-refractivity contribution < 1.29 is 14.3 Å². The molecule has 0 saturated heterocycles. The number of carbonyl (C=O) groups is 1. The number of hydrogen-bond donors (Lipinski definition) is 2. The van der Waals surface area contributed by atoms with Gasteiger partial charge in [0.15, 0.2) is 11.5 Å². The summed E-state index contributed by atoms with van der Waals surface area (Å²) in [5, 5.41) is 4.21. The Morgan fingerprint density at radius 1 is 1.04 bits per heavy atom. The summed E-state index contributed by atoms with van der Waals surface area (Å²) in [4.78, 5) is 15.8. The second kappa shape index (κ2) is 7.52. The number of aryl methyl sites for hydroxylation is 2. The van der Waals surface area contributed by atoms with E-state index in [1.807, 2.05) is 0 Å². The SMILES string of the molecule is COc1ccc(C(=O)NCCc2c(C)[nH]c3ccc(C)cc23)cc1OC. The lowest BCUT2D eigenvalue weighted by molar-refractivity contribution is 0.0953. The second-order valence-electron chi connectivity index (χ2n) is 6.35. The van der Waals surface area contributed by atoms with Crippen molar-refractivity contribution in [2.45, 2.75) is 20.3 Å². The number of fused-ring (bicyclic) bond motifs is 1. The van der Waals surface area contributed by atoms with E-state index in [1.165, 1.54) is 16.5 Å². The van der Waals surface area contributed by atoms with Crippen molar-refractivity contribution in [2.75, 3.05) is 20.8 Å². The molecule has 1 heterocycles. The number of amides is 1. The molecule has 2 N–H and O–H groups in total. The number of carbonyl (C=O) groups excluding carboxylic acids is 1. The predicted molar refractivity (Wildman–Crippen MR) is 103 cm³/mol. The summed E-state index contributed by atoms with van der Waals surface area (Å²) in [5.41, 5.74) is 5.30. The highest BCUT2D eigenvalue weighted by molar-refractivity contribution is 5.95. The van der Waals surface area contributed by atoms with E-state index in [-0.39, 0.29) is 5.91 Å². The Balaban J connectivity index is 1.69. The predicted octanol–water partition coefficient (Wildman–Crippen LogP) is 3.77. The highest BCUT2D eigenvalue weighted by Crippen LogP contribution is 2.27. The summed E-state index contributed by atoms with van der Waals surface area (Å²) < 4.78 is 10.5. The highest BCUT2D eigenvalue weighted by atomic mass is 16.5. The zero-order valence-electron chi connectivity index (χ0n) is 15.6. The van der Waals surface area contributed by atoms with E-state index in [1.54, 1.807) is 32.4 Å². The summed E-state index contributed by atoms with van der Waals surface area (Å²) in [5.74, 6) is 1.02. The molecule has 0 bridgehead atoms. The molecule has 0 radical (unpaired) electrons. The largest absolute Gasteiger partial charge is 0.493 e. The van der Waals surface area contributed by atoms with Crippen LogP contribution in [0.4, 0.5) is 0 Å². The summed E-state index contributed by atoms with van der Waals surface area (Å²) >= 11 is 0. The first-order chi connectivity index (χ1) is 12.5. The summed E-state index contributed by atoms with van der Waals surface area (Å²) in [6.45, 7) is 4.72. The quantitative estimate of drug-likeness (QED) is 0.710. The van der Waals surface area contributed by atoms with Crippen LogP contribution < -0.4 is 14.8 Å². The lowest BCUT2D eigenvalue weighted by Gasteiger charge is -2.10. The van der Waals surface area contributed by atoms with Crippen LogP contribution in [0.1, 0.15) is 27.2 Å². The minimum atomic E-state index is -0.125. The Bertz CT molecular complexity index is 944. The Labute approximate surface area is 153 Å². The maximum atomic E-state index is 12.4. The summed E-state index contributed by atoms with van der Waals surface area (Å²) in [7, 11) is 3.13. The fraction of sp³-hybridized carbons (Fsp3) is 0.286. The number of rotatable bonds is 6. The molecule has 3 rings (SSSR count). The maximum Gasteiger partial charge on any atom is 0.251 e. The molecule has 0 aliphatic heterocycles. The molecule has 5 heteroatoms. The summed E-state index contributed by atoms with van der Waals surface area (Å²) in [6, 6.07) is 11.5. The number of benzene rings is 2. The number of aromatic amines is 1. The Morgan fingerprint density at radius 2 is 1.81 bits per heavy atom. The smallest absolute Gasteiger partial charge is 0.251 e. The molecular formula is C21H24N2O3. The van der Waals surface area contributed by atoms with Crippen molar-refractivity contribution in [3.8, 4) is 11.5 Å². The fourth-order valence-electron chi connectivity index (χ4n) is 3.20. The van der Waals surface area contributed by atoms with Gasteiger partial charge in [-0.15, -0.1) is 0 Å². The minimum Gasteiger partial charge on any atom is -0.493 e. The standard InChI is InChI=1S/C21H24N2O3/c1-13-5-7-18-17(11-13)16(14(2)23-18)9-10-22-21(24)15-6-8-19(25-3)20(12-15)26-4/h5-8,11-12,23H,9-10H2,1-4H3,(H,22,24). The van der Waals surface area contributed by atoms with Crippen molar-refractivity contribution in [2.24, 2.45) is 0 Å². The highest BCUT2D eigenvalue weighted by Gasteiger charge is 2.12. The molecule has 0 fully saturated rings. The van der Waals surface area contributed by atoms with Gasteiger partial charge in [0.05, 0.1) is 14.2 Å². The molecular weight excluding hydrogens is 328 g/mol. The number of hydrogen-bond acceptors (Lipinski definition) is 3. The molecule has 2 aromatic carbocycles. The van der Waals surface area contributed by atoms with Crippen molar-refractivity contribution in [1.29, 1.82) is 0 Å². The molecule has 1 amide bonds. The van der Waals surface area contributed by atoms with Crippen molar-refractivity contribution in [1.82, 2.24) is 10.3 Å². The van der Waals surface area contributed by atoms with E-state index in [4.69, 9.17) is 9.47 Å². The van der Waals surface area contributed by atoms with E-state index in [0.717, 1.165) is 17.6 Å². The second-order valence-corrected chi connectivity index (χ2v) is 6.35. The molecule has 0 spiro atoms. The zero-order chi connectivity index (χ0) is 18.7. The molecule has 0 saturated carbocycles. The van der Waals surface area contributed by atoms with Gasteiger partial charge < -0.3 is 19.8 Å². The lowest BCUT2D eigenvalue weighted by atomic mass is 10.1. The minimum absolute atomic E-state index is 0.125. The van der Waals surface area contributed by atoms with E-state index >= 15 is 0 Å². The fourth-order valence-corrected chi connectivity index (χ4v) is 3.20. The molecule has 0 aliphatic rings. The van der Waals surface area contributed by atoms with Crippen LogP contribution >= 0.6 is 0 Å². The molecule has 1 aromatic heterocycles. The monoisotopic (exact) mass is 352 g/mol. The third-order valence-corrected chi connectivity index (χ3v) is 4.58. The van der Waals surface area contributed by atoms with Crippen LogP contribution in [0, 0.1) is 13.8 Å².